The minimum Gasteiger partial charge on any atom is -0.480 e. The fourth-order valence-electron chi connectivity index (χ4n) is 1.41. The van der Waals surface area contributed by atoms with Gasteiger partial charge in [-0.15, -0.1) is 17.9 Å². The molecule has 1 N–H and O–H groups in total. The average Bonchev–Trinajstić information content (AvgIpc) is 2.79. The van der Waals surface area contributed by atoms with E-state index in [4.69, 9.17) is 5.11 Å². The number of carbonyl (C=O) groups is 2. The molecule has 1 aromatic heterocycles. The highest BCUT2D eigenvalue weighted by molar-refractivity contribution is 9.11. The Kier molecular flexibility index (Phi) is 6.08. The van der Waals surface area contributed by atoms with Gasteiger partial charge in [-0.3, -0.25) is 4.79 Å². The van der Waals surface area contributed by atoms with Crippen molar-refractivity contribution in [2.24, 2.45) is 0 Å². The number of carboxylic acids is 1. The van der Waals surface area contributed by atoms with Crippen molar-refractivity contribution < 1.29 is 27.9 Å². The van der Waals surface area contributed by atoms with Crippen molar-refractivity contribution in [3.8, 4) is 0 Å². The lowest BCUT2D eigenvalue weighted by Gasteiger charge is -2.18. The normalized spacial score (nSPS) is 11.4. The molecule has 0 fully saturated rings. The van der Waals surface area contributed by atoms with Gasteiger partial charge < -0.3 is 9.84 Å². The monoisotopic (exact) mass is 397 g/mol. The summed E-state index contributed by atoms with van der Waals surface area (Å²) < 4.78 is 30.3. The van der Waals surface area contributed by atoms with Gasteiger partial charge in [0.25, 0.3) is 0 Å². The molecule has 0 bridgehead atoms. The molecule has 0 aromatic carbocycles. The van der Waals surface area contributed by atoms with Crippen LogP contribution >= 0.6 is 27.3 Å². The Hall–Kier alpha value is -1.23. The first-order valence-corrected chi connectivity index (χ1v) is 8.49. The zero-order valence-electron chi connectivity index (χ0n) is 10.9. The Morgan fingerprint density at radius 1 is 1.57 bits per heavy atom. The molecule has 0 spiro atoms. The second-order valence-corrected chi connectivity index (χ2v) is 8.00. The third-order valence-corrected chi connectivity index (χ3v) is 6.35. The zero-order valence-corrected chi connectivity index (χ0v) is 14.1. The molecule has 21 heavy (non-hydrogen) atoms. The third-order valence-electron chi connectivity index (χ3n) is 2.30. The maximum Gasteiger partial charge on any atom is 0.348 e. The van der Waals surface area contributed by atoms with Crippen molar-refractivity contribution in [3.05, 3.63) is 27.4 Å². The van der Waals surface area contributed by atoms with Crippen molar-refractivity contribution in [3.63, 3.8) is 0 Å². The molecule has 116 valence electrons. The fraction of sp³-hybridized carbons (Fsp3) is 0.273. The van der Waals surface area contributed by atoms with Gasteiger partial charge in [0.05, 0.1) is 10.9 Å². The van der Waals surface area contributed by atoms with Crippen LogP contribution in [0.25, 0.3) is 0 Å². The second-order valence-electron chi connectivity index (χ2n) is 3.72. The Morgan fingerprint density at radius 3 is 2.67 bits per heavy atom. The predicted octanol–water partition coefficient (Wildman–Crippen LogP) is 1.56. The Bertz CT molecular complexity index is 666. The number of hydrogen-bond donors (Lipinski definition) is 1. The molecule has 0 aliphatic carbocycles. The first kappa shape index (κ1) is 17.8. The molecule has 0 radical (unpaired) electrons. The standard InChI is InChI=1S/C11H12BrNO6S2/c1-3-4-13(6-9(14)15)21(17,18)8-5-7(11(16)19-2)20-10(8)12/h3,5H,1,4,6H2,2H3,(H,14,15). The molecule has 1 rings (SSSR count). The molecule has 0 amide bonds. The Morgan fingerprint density at radius 2 is 2.19 bits per heavy atom. The van der Waals surface area contributed by atoms with E-state index in [9.17, 15) is 18.0 Å². The summed E-state index contributed by atoms with van der Waals surface area (Å²) >= 11 is 3.96. The van der Waals surface area contributed by atoms with Crippen LogP contribution in [0.15, 0.2) is 27.4 Å². The van der Waals surface area contributed by atoms with Crippen LogP contribution in [-0.4, -0.2) is 50.0 Å². The van der Waals surface area contributed by atoms with Crippen LogP contribution in [0, 0.1) is 0 Å². The maximum absolute atomic E-state index is 12.4. The zero-order chi connectivity index (χ0) is 16.2. The topological polar surface area (TPSA) is 101 Å². The minimum atomic E-state index is -4.07. The van der Waals surface area contributed by atoms with E-state index in [1.807, 2.05) is 0 Å². The van der Waals surface area contributed by atoms with Gasteiger partial charge in [0.15, 0.2) is 0 Å². The van der Waals surface area contributed by atoms with E-state index < -0.39 is 28.5 Å². The summed E-state index contributed by atoms with van der Waals surface area (Å²) in [5.41, 5.74) is 0. The highest BCUT2D eigenvalue weighted by Gasteiger charge is 2.30. The van der Waals surface area contributed by atoms with Crippen LogP contribution in [0.2, 0.25) is 0 Å². The number of methoxy groups -OCH3 is 1. The Balaban J connectivity index is 3.27. The van der Waals surface area contributed by atoms with E-state index in [1.54, 1.807) is 0 Å². The number of sulfonamides is 1. The fourth-order valence-corrected chi connectivity index (χ4v) is 5.20. The molecule has 1 aromatic rings. The third kappa shape index (κ3) is 4.13. The Labute approximate surface area is 134 Å². The molecule has 0 aliphatic heterocycles. The van der Waals surface area contributed by atoms with Crippen LogP contribution in [-0.2, 0) is 19.6 Å². The first-order valence-electron chi connectivity index (χ1n) is 5.44. The SMILES string of the molecule is C=CCN(CC(=O)O)S(=O)(=O)c1cc(C(=O)OC)sc1Br. The average molecular weight is 398 g/mol. The summed E-state index contributed by atoms with van der Waals surface area (Å²) in [6.45, 7) is 2.54. The van der Waals surface area contributed by atoms with Crippen molar-refractivity contribution in [2.75, 3.05) is 20.2 Å². The molecule has 0 atom stereocenters. The number of thiophene rings is 1. The molecule has 0 saturated heterocycles. The van der Waals surface area contributed by atoms with Gasteiger partial charge in [-0.25, -0.2) is 13.2 Å². The molecule has 10 heteroatoms. The smallest absolute Gasteiger partial charge is 0.348 e. The lowest BCUT2D eigenvalue weighted by Crippen LogP contribution is -2.35. The lowest BCUT2D eigenvalue weighted by molar-refractivity contribution is -0.137. The van der Waals surface area contributed by atoms with E-state index in [0.717, 1.165) is 21.7 Å². The molecule has 0 aliphatic rings. The number of nitrogens with zero attached hydrogens (tertiary/aromatic N) is 1. The summed E-state index contributed by atoms with van der Waals surface area (Å²) in [6.07, 6.45) is 1.28. The summed E-state index contributed by atoms with van der Waals surface area (Å²) in [4.78, 5) is 22.1. The molecule has 1 heterocycles. The number of esters is 1. The van der Waals surface area contributed by atoms with Crippen molar-refractivity contribution in [1.82, 2.24) is 4.31 Å². The number of carboxylic acid groups (broad SMARTS) is 1. The van der Waals surface area contributed by atoms with Crippen LogP contribution in [0.3, 0.4) is 0 Å². The summed E-state index contributed by atoms with van der Waals surface area (Å²) in [6, 6.07) is 1.15. The highest BCUT2D eigenvalue weighted by atomic mass is 79.9. The lowest BCUT2D eigenvalue weighted by atomic mass is 10.5. The number of ether oxygens (including phenoxy) is 1. The number of hydrogen-bond acceptors (Lipinski definition) is 6. The van der Waals surface area contributed by atoms with Gasteiger partial charge in [-0.2, -0.15) is 4.31 Å². The first-order chi connectivity index (χ1) is 9.73. The highest BCUT2D eigenvalue weighted by Crippen LogP contribution is 2.33. The van der Waals surface area contributed by atoms with Crippen LogP contribution < -0.4 is 0 Å². The minimum absolute atomic E-state index is 0.0943. The van der Waals surface area contributed by atoms with E-state index in [0.29, 0.717) is 0 Å². The molecule has 0 unspecified atom stereocenters. The van der Waals surface area contributed by atoms with Crippen LogP contribution in [0.5, 0.6) is 0 Å². The van der Waals surface area contributed by atoms with Crippen LogP contribution in [0.1, 0.15) is 9.67 Å². The summed E-state index contributed by atoms with van der Waals surface area (Å²) in [5, 5.41) is 8.80. The molecular weight excluding hydrogens is 386 g/mol. The van der Waals surface area contributed by atoms with E-state index >= 15 is 0 Å². The summed E-state index contributed by atoms with van der Waals surface area (Å²) in [7, 11) is -2.89. The largest absolute Gasteiger partial charge is 0.480 e. The molecule has 7 nitrogen and oxygen atoms in total. The van der Waals surface area contributed by atoms with Gasteiger partial charge in [0, 0.05) is 6.54 Å². The van der Waals surface area contributed by atoms with E-state index in [2.05, 4.69) is 27.2 Å². The maximum atomic E-state index is 12.4. The quantitative estimate of drug-likeness (QED) is 0.553. The number of halogens is 1. The van der Waals surface area contributed by atoms with E-state index in [1.165, 1.54) is 13.2 Å². The number of rotatable bonds is 7. The van der Waals surface area contributed by atoms with Gasteiger partial charge in [-0.1, -0.05) is 6.08 Å². The second kappa shape index (κ2) is 7.16. The summed E-state index contributed by atoms with van der Waals surface area (Å²) in [5.74, 6) is -1.96. The van der Waals surface area contributed by atoms with Gasteiger partial charge in [0.1, 0.15) is 16.3 Å². The van der Waals surface area contributed by atoms with Crippen molar-refractivity contribution in [1.29, 1.82) is 0 Å². The van der Waals surface area contributed by atoms with Crippen LogP contribution in [0.4, 0.5) is 0 Å². The van der Waals surface area contributed by atoms with Gasteiger partial charge in [0.2, 0.25) is 10.0 Å². The van der Waals surface area contributed by atoms with Gasteiger partial charge in [-0.05, 0) is 22.0 Å². The number of aliphatic carboxylic acids is 1. The number of carbonyl (C=O) groups excluding carboxylic acids is 1. The van der Waals surface area contributed by atoms with Crippen molar-refractivity contribution in [2.45, 2.75) is 4.90 Å². The molecular formula is C11H12BrNO6S2. The molecule has 0 saturated carbocycles. The van der Waals surface area contributed by atoms with Crippen molar-refractivity contribution >= 4 is 49.2 Å². The predicted molar refractivity (Wildman–Crippen MR) is 80.0 cm³/mol. The van der Waals surface area contributed by atoms with Gasteiger partial charge >= 0.3 is 11.9 Å². The van der Waals surface area contributed by atoms with E-state index in [-0.39, 0.29) is 20.1 Å².